The number of carbonyl (C=O) groups is 2. The van der Waals surface area contributed by atoms with Crippen LogP contribution in [0, 0.1) is 25.7 Å². The van der Waals surface area contributed by atoms with E-state index in [1.165, 1.54) is 0 Å². The molecule has 2 atom stereocenters. The molecule has 154 valence electrons. The number of anilines is 1. The largest absolute Gasteiger partial charge is 0.373 e. The summed E-state index contributed by atoms with van der Waals surface area (Å²) < 4.78 is 0. The fraction of sp³-hybridized carbons (Fsp3) is 0.524. The predicted molar refractivity (Wildman–Crippen MR) is 110 cm³/mol. The number of nitrogens with one attached hydrogen (secondary N) is 2. The highest BCUT2D eigenvalue weighted by Crippen LogP contribution is 2.32. The van der Waals surface area contributed by atoms with Gasteiger partial charge in [-0.3, -0.25) is 14.7 Å². The van der Waals surface area contributed by atoms with Crippen molar-refractivity contribution in [2.24, 2.45) is 11.8 Å². The maximum absolute atomic E-state index is 13.0. The van der Waals surface area contributed by atoms with Crippen molar-refractivity contribution in [1.82, 2.24) is 25.0 Å². The predicted octanol–water partition coefficient (Wildman–Crippen LogP) is 2.09. The summed E-state index contributed by atoms with van der Waals surface area (Å²) in [6.45, 7) is 6.73. The number of pyridine rings is 1. The molecule has 0 spiro atoms. The van der Waals surface area contributed by atoms with Crippen LogP contribution in [-0.4, -0.2) is 70.0 Å². The Labute approximate surface area is 170 Å². The molecule has 0 aliphatic carbocycles. The zero-order valence-electron chi connectivity index (χ0n) is 17.2. The minimum absolute atomic E-state index is 0.0133. The van der Waals surface area contributed by atoms with E-state index in [0.29, 0.717) is 36.2 Å². The van der Waals surface area contributed by atoms with Crippen molar-refractivity contribution >= 4 is 17.6 Å². The summed E-state index contributed by atoms with van der Waals surface area (Å²) >= 11 is 0. The molecule has 2 aliphatic rings. The SMILES string of the molecule is CNc1ccc(C(=O)N2CCC3CCN(C(=O)c4n[nH]c(C)c4C)CC3C2)cn1. The van der Waals surface area contributed by atoms with E-state index in [1.807, 2.05) is 35.8 Å². The molecule has 2 unspecified atom stereocenters. The van der Waals surface area contributed by atoms with Gasteiger partial charge in [0, 0.05) is 50.7 Å². The Kier molecular flexibility index (Phi) is 5.25. The molecule has 2 saturated heterocycles. The number of aromatic nitrogens is 3. The number of aromatic amines is 1. The first kappa shape index (κ1) is 19.4. The second kappa shape index (κ2) is 7.85. The van der Waals surface area contributed by atoms with Crippen molar-refractivity contribution in [3.8, 4) is 0 Å². The summed E-state index contributed by atoms with van der Waals surface area (Å²) in [5.74, 6) is 1.61. The number of H-pyrrole nitrogens is 1. The smallest absolute Gasteiger partial charge is 0.274 e. The van der Waals surface area contributed by atoms with E-state index in [9.17, 15) is 9.59 Å². The molecule has 2 N–H and O–H groups in total. The molecule has 0 saturated carbocycles. The van der Waals surface area contributed by atoms with Crippen molar-refractivity contribution in [2.45, 2.75) is 26.7 Å². The summed E-state index contributed by atoms with van der Waals surface area (Å²) in [5.41, 5.74) is 2.96. The molecule has 4 heterocycles. The highest BCUT2D eigenvalue weighted by atomic mass is 16.2. The van der Waals surface area contributed by atoms with Gasteiger partial charge in [-0.2, -0.15) is 5.10 Å². The second-order valence-corrected chi connectivity index (χ2v) is 8.10. The average Bonchev–Trinajstić information content (AvgIpc) is 3.10. The van der Waals surface area contributed by atoms with Crippen LogP contribution in [0.15, 0.2) is 18.3 Å². The Morgan fingerprint density at radius 3 is 2.31 bits per heavy atom. The fourth-order valence-electron chi connectivity index (χ4n) is 4.43. The molecule has 0 aromatic carbocycles. The van der Waals surface area contributed by atoms with Gasteiger partial charge in [-0.05, 0) is 50.7 Å². The third-order valence-electron chi connectivity index (χ3n) is 6.41. The maximum Gasteiger partial charge on any atom is 0.274 e. The van der Waals surface area contributed by atoms with Gasteiger partial charge in [0.2, 0.25) is 0 Å². The summed E-state index contributed by atoms with van der Waals surface area (Å²) in [4.78, 5) is 34.0. The molecular formula is C21H28N6O2. The van der Waals surface area contributed by atoms with Gasteiger partial charge in [-0.1, -0.05) is 0 Å². The van der Waals surface area contributed by atoms with Crippen LogP contribution in [0.2, 0.25) is 0 Å². The van der Waals surface area contributed by atoms with Gasteiger partial charge in [-0.15, -0.1) is 0 Å². The van der Waals surface area contributed by atoms with Gasteiger partial charge < -0.3 is 15.1 Å². The zero-order valence-corrected chi connectivity index (χ0v) is 17.2. The van der Waals surface area contributed by atoms with Crippen molar-refractivity contribution in [3.63, 3.8) is 0 Å². The summed E-state index contributed by atoms with van der Waals surface area (Å²) in [6, 6.07) is 3.63. The van der Waals surface area contributed by atoms with Crippen LogP contribution < -0.4 is 5.32 Å². The Bertz CT molecular complexity index is 906. The number of hydrogen-bond donors (Lipinski definition) is 2. The second-order valence-electron chi connectivity index (χ2n) is 8.10. The first-order chi connectivity index (χ1) is 14.0. The number of carbonyl (C=O) groups excluding carboxylic acids is 2. The Morgan fingerprint density at radius 2 is 1.76 bits per heavy atom. The van der Waals surface area contributed by atoms with Gasteiger partial charge in [0.15, 0.2) is 5.69 Å². The number of piperidine rings is 2. The maximum atomic E-state index is 13.0. The minimum Gasteiger partial charge on any atom is -0.373 e. The summed E-state index contributed by atoms with van der Waals surface area (Å²) in [6.07, 6.45) is 3.60. The molecule has 0 radical (unpaired) electrons. The topological polar surface area (TPSA) is 94.2 Å². The van der Waals surface area contributed by atoms with Gasteiger partial charge in [0.1, 0.15) is 5.82 Å². The number of likely N-dealkylation sites (tertiary alicyclic amines) is 2. The zero-order chi connectivity index (χ0) is 20.5. The monoisotopic (exact) mass is 396 g/mol. The van der Waals surface area contributed by atoms with Crippen LogP contribution in [0.3, 0.4) is 0 Å². The van der Waals surface area contributed by atoms with E-state index in [2.05, 4.69) is 20.5 Å². The standard InChI is InChI=1S/C21H28N6O2/c1-13-14(2)24-25-19(13)21(29)27-9-7-15-6-8-26(11-17(15)12-27)20(28)16-4-5-18(22-3)23-10-16/h4-5,10,15,17H,6-9,11-12H2,1-3H3,(H,22,23)(H,24,25). The Morgan fingerprint density at radius 1 is 1.07 bits per heavy atom. The quantitative estimate of drug-likeness (QED) is 0.829. The van der Waals surface area contributed by atoms with Gasteiger partial charge in [0.25, 0.3) is 11.8 Å². The molecule has 2 aromatic heterocycles. The molecule has 2 aliphatic heterocycles. The summed E-state index contributed by atoms with van der Waals surface area (Å²) in [5, 5.41) is 10.1. The molecule has 8 heteroatoms. The number of aryl methyl sites for hydroxylation is 1. The first-order valence-electron chi connectivity index (χ1n) is 10.2. The number of rotatable bonds is 3. The van der Waals surface area contributed by atoms with E-state index in [4.69, 9.17) is 0 Å². The van der Waals surface area contributed by atoms with Crippen molar-refractivity contribution in [3.05, 3.63) is 40.8 Å². The minimum atomic E-state index is -0.0133. The molecule has 2 amide bonds. The number of nitrogens with zero attached hydrogens (tertiary/aromatic N) is 4. The first-order valence-corrected chi connectivity index (χ1v) is 10.2. The lowest BCUT2D eigenvalue weighted by molar-refractivity contribution is 0.0301. The van der Waals surface area contributed by atoms with E-state index >= 15 is 0 Å². The highest BCUT2D eigenvalue weighted by molar-refractivity contribution is 5.95. The number of amides is 2. The number of fused-ring (bicyclic) bond motifs is 1. The lowest BCUT2D eigenvalue weighted by atomic mass is 9.80. The third-order valence-corrected chi connectivity index (χ3v) is 6.41. The molecule has 0 bridgehead atoms. The number of hydrogen-bond acceptors (Lipinski definition) is 5. The molecule has 2 fully saturated rings. The van der Waals surface area contributed by atoms with Crippen LogP contribution >= 0.6 is 0 Å². The van der Waals surface area contributed by atoms with Crippen LogP contribution in [0.5, 0.6) is 0 Å². The fourth-order valence-corrected chi connectivity index (χ4v) is 4.43. The highest BCUT2D eigenvalue weighted by Gasteiger charge is 2.38. The van der Waals surface area contributed by atoms with Crippen molar-refractivity contribution in [1.29, 1.82) is 0 Å². The van der Waals surface area contributed by atoms with Crippen molar-refractivity contribution < 1.29 is 9.59 Å². The van der Waals surface area contributed by atoms with Gasteiger partial charge in [-0.25, -0.2) is 4.98 Å². The molecule has 4 rings (SSSR count). The van der Waals surface area contributed by atoms with E-state index in [1.54, 1.807) is 13.2 Å². The van der Waals surface area contributed by atoms with Crippen LogP contribution in [-0.2, 0) is 0 Å². The lowest BCUT2D eigenvalue weighted by Gasteiger charge is -2.44. The van der Waals surface area contributed by atoms with Crippen molar-refractivity contribution in [2.75, 3.05) is 38.5 Å². The van der Waals surface area contributed by atoms with Gasteiger partial charge in [0.05, 0.1) is 5.56 Å². The molecular weight excluding hydrogens is 368 g/mol. The van der Waals surface area contributed by atoms with E-state index < -0.39 is 0 Å². The van der Waals surface area contributed by atoms with Gasteiger partial charge >= 0.3 is 0 Å². The van der Waals surface area contributed by atoms with Crippen LogP contribution in [0.4, 0.5) is 5.82 Å². The Balaban J connectivity index is 1.43. The van der Waals surface area contributed by atoms with Crippen LogP contribution in [0.25, 0.3) is 0 Å². The van der Waals surface area contributed by atoms with Crippen LogP contribution in [0.1, 0.15) is 44.9 Å². The average molecular weight is 396 g/mol. The lowest BCUT2D eigenvalue weighted by Crippen LogP contribution is -2.52. The molecule has 8 nitrogen and oxygen atoms in total. The molecule has 29 heavy (non-hydrogen) atoms. The normalized spacial score (nSPS) is 21.6. The Hall–Kier alpha value is -2.90. The summed E-state index contributed by atoms with van der Waals surface area (Å²) in [7, 11) is 1.80. The third kappa shape index (κ3) is 3.71. The molecule has 2 aromatic rings. The van der Waals surface area contributed by atoms with E-state index in [-0.39, 0.29) is 11.8 Å². The van der Waals surface area contributed by atoms with E-state index in [0.717, 1.165) is 43.0 Å².